The summed E-state index contributed by atoms with van der Waals surface area (Å²) in [4.78, 5) is 2.75. The number of allylic oxidation sites excluding steroid dienone is 2. The van der Waals surface area contributed by atoms with Gasteiger partial charge in [0.15, 0.2) is 0 Å². The molecule has 11 heavy (non-hydrogen) atoms. The van der Waals surface area contributed by atoms with Crippen LogP contribution in [0.2, 0.25) is 0 Å². The van der Waals surface area contributed by atoms with Crippen molar-refractivity contribution >= 4 is 11.8 Å². The summed E-state index contributed by atoms with van der Waals surface area (Å²) in [5, 5.41) is 0. The Bertz CT molecular complexity index is 183. The van der Waals surface area contributed by atoms with Crippen molar-refractivity contribution < 1.29 is 0 Å². The fourth-order valence-corrected chi connectivity index (χ4v) is 3.43. The summed E-state index contributed by atoms with van der Waals surface area (Å²) in [6, 6.07) is 0. The fourth-order valence-electron chi connectivity index (χ4n) is 2.22. The van der Waals surface area contributed by atoms with Crippen LogP contribution in [0.4, 0.5) is 0 Å². The van der Waals surface area contributed by atoms with E-state index in [0.29, 0.717) is 0 Å². The highest BCUT2D eigenvalue weighted by atomic mass is 32.2. The largest absolute Gasteiger partial charge is 0.0996 e. The normalized spacial score (nSPS) is 37.5. The van der Waals surface area contributed by atoms with Gasteiger partial charge >= 0.3 is 0 Å². The van der Waals surface area contributed by atoms with E-state index in [2.05, 4.69) is 13.2 Å². The van der Waals surface area contributed by atoms with Crippen LogP contribution < -0.4 is 0 Å². The zero-order valence-electron chi connectivity index (χ0n) is 6.81. The summed E-state index contributed by atoms with van der Waals surface area (Å²) in [6.07, 6.45) is 5.51. The minimum atomic E-state index is 0.779. The molecule has 0 radical (unpaired) electrons. The SMILES string of the molecule is C=C1SC(=C)[C@H]2CCCC[C@H]12. The highest BCUT2D eigenvalue weighted by Crippen LogP contribution is 2.53. The van der Waals surface area contributed by atoms with Gasteiger partial charge in [0, 0.05) is 0 Å². The molecule has 0 amide bonds. The monoisotopic (exact) mass is 166 g/mol. The molecule has 0 nitrogen and oxygen atoms in total. The van der Waals surface area contributed by atoms with E-state index >= 15 is 0 Å². The molecule has 1 aliphatic carbocycles. The molecule has 0 aromatic carbocycles. The maximum absolute atomic E-state index is 4.09. The van der Waals surface area contributed by atoms with E-state index in [1.165, 1.54) is 35.5 Å². The summed E-state index contributed by atoms with van der Waals surface area (Å²) in [5.74, 6) is 1.56. The second-order valence-corrected chi connectivity index (χ2v) is 4.79. The van der Waals surface area contributed by atoms with E-state index in [4.69, 9.17) is 0 Å². The third-order valence-corrected chi connectivity index (χ3v) is 3.99. The number of rotatable bonds is 0. The van der Waals surface area contributed by atoms with Crippen molar-refractivity contribution in [2.45, 2.75) is 25.7 Å². The third-order valence-electron chi connectivity index (χ3n) is 2.86. The topological polar surface area (TPSA) is 0 Å². The van der Waals surface area contributed by atoms with Gasteiger partial charge in [-0.3, -0.25) is 0 Å². The molecule has 1 aliphatic heterocycles. The number of hydrogen-bond donors (Lipinski definition) is 0. The molecule has 0 spiro atoms. The van der Waals surface area contributed by atoms with E-state index in [9.17, 15) is 0 Å². The summed E-state index contributed by atoms with van der Waals surface area (Å²) in [5.41, 5.74) is 0. The van der Waals surface area contributed by atoms with E-state index in [-0.39, 0.29) is 0 Å². The van der Waals surface area contributed by atoms with Crippen molar-refractivity contribution in [2.75, 3.05) is 0 Å². The lowest BCUT2D eigenvalue weighted by molar-refractivity contribution is 0.338. The Kier molecular flexibility index (Phi) is 1.84. The summed E-state index contributed by atoms with van der Waals surface area (Å²) in [7, 11) is 0. The first-order chi connectivity index (χ1) is 5.29. The molecule has 2 atom stereocenters. The van der Waals surface area contributed by atoms with Crippen LogP contribution in [-0.2, 0) is 0 Å². The lowest BCUT2D eigenvalue weighted by Crippen LogP contribution is -2.14. The average molecular weight is 166 g/mol. The lowest BCUT2D eigenvalue weighted by atomic mass is 9.79. The summed E-state index contributed by atoms with van der Waals surface area (Å²) < 4.78 is 0. The van der Waals surface area contributed by atoms with Crippen LogP contribution in [0.1, 0.15) is 25.7 Å². The minimum Gasteiger partial charge on any atom is -0.0996 e. The van der Waals surface area contributed by atoms with Gasteiger partial charge in [0.05, 0.1) is 0 Å². The molecular formula is C10H14S. The first-order valence-electron chi connectivity index (χ1n) is 4.34. The summed E-state index contributed by atoms with van der Waals surface area (Å²) in [6.45, 7) is 8.18. The second kappa shape index (κ2) is 2.71. The Morgan fingerprint density at radius 2 is 1.45 bits per heavy atom. The van der Waals surface area contributed by atoms with Crippen LogP contribution in [0.25, 0.3) is 0 Å². The lowest BCUT2D eigenvalue weighted by Gasteiger charge is -2.24. The highest BCUT2D eigenvalue weighted by Gasteiger charge is 2.35. The summed E-state index contributed by atoms with van der Waals surface area (Å²) >= 11 is 1.84. The van der Waals surface area contributed by atoms with E-state index in [0.717, 1.165) is 11.8 Å². The van der Waals surface area contributed by atoms with Crippen LogP contribution in [0.3, 0.4) is 0 Å². The van der Waals surface area contributed by atoms with E-state index in [1.807, 2.05) is 11.8 Å². The molecule has 2 fully saturated rings. The van der Waals surface area contributed by atoms with Crippen LogP contribution in [0.15, 0.2) is 23.0 Å². The molecule has 0 bridgehead atoms. The van der Waals surface area contributed by atoms with Crippen LogP contribution in [-0.4, -0.2) is 0 Å². The van der Waals surface area contributed by atoms with Crippen molar-refractivity contribution in [3.05, 3.63) is 23.0 Å². The van der Waals surface area contributed by atoms with Gasteiger partial charge in [-0.25, -0.2) is 0 Å². The first-order valence-corrected chi connectivity index (χ1v) is 5.16. The molecule has 0 N–H and O–H groups in total. The van der Waals surface area contributed by atoms with Crippen molar-refractivity contribution in [3.63, 3.8) is 0 Å². The maximum Gasteiger partial charge on any atom is -0.00306 e. The quantitative estimate of drug-likeness (QED) is 0.530. The third kappa shape index (κ3) is 1.16. The van der Waals surface area contributed by atoms with Crippen LogP contribution >= 0.6 is 11.8 Å². The molecule has 60 valence electrons. The smallest absolute Gasteiger partial charge is 0.00306 e. The Morgan fingerprint density at radius 1 is 1.00 bits per heavy atom. The van der Waals surface area contributed by atoms with Gasteiger partial charge in [0.25, 0.3) is 0 Å². The van der Waals surface area contributed by atoms with Crippen molar-refractivity contribution in [1.82, 2.24) is 0 Å². The zero-order valence-corrected chi connectivity index (χ0v) is 7.62. The Balaban J connectivity index is 2.19. The van der Waals surface area contributed by atoms with Gasteiger partial charge in [-0.1, -0.05) is 37.8 Å². The van der Waals surface area contributed by atoms with Crippen LogP contribution in [0.5, 0.6) is 0 Å². The Hall–Kier alpha value is -0.170. The predicted octanol–water partition coefficient (Wildman–Crippen LogP) is 3.57. The van der Waals surface area contributed by atoms with Gasteiger partial charge in [-0.05, 0) is 34.5 Å². The molecule has 0 aromatic heterocycles. The van der Waals surface area contributed by atoms with E-state index in [1.54, 1.807) is 0 Å². The highest BCUT2D eigenvalue weighted by molar-refractivity contribution is 8.07. The minimum absolute atomic E-state index is 0.779. The van der Waals surface area contributed by atoms with Crippen molar-refractivity contribution in [2.24, 2.45) is 11.8 Å². The molecule has 1 saturated carbocycles. The average Bonchev–Trinajstić information content (AvgIpc) is 2.30. The van der Waals surface area contributed by atoms with Gasteiger partial charge < -0.3 is 0 Å². The number of thioether (sulfide) groups is 1. The van der Waals surface area contributed by atoms with Gasteiger partial charge in [-0.15, -0.1) is 0 Å². The molecule has 2 rings (SSSR count). The molecule has 1 heteroatoms. The number of fused-ring (bicyclic) bond motifs is 1. The number of hydrogen-bond acceptors (Lipinski definition) is 1. The Labute approximate surface area is 72.8 Å². The van der Waals surface area contributed by atoms with Crippen molar-refractivity contribution in [3.8, 4) is 0 Å². The standard InChI is InChI=1S/C10H14S/c1-7-9-5-3-4-6-10(9)8(2)11-7/h9-10H,1-6H2/t9-,10-/m1/s1. The van der Waals surface area contributed by atoms with Gasteiger partial charge in [-0.2, -0.15) is 0 Å². The Morgan fingerprint density at radius 3 is 1.91 bits per heavy atom. The zero-order chi connectivity index (χ0) is 7.84. The molecule has 0 unspecified atom stereocenters. The predicted molar refractivity (Wildman–Crippen MR) is 51.3 cm³/mol. The van der Waals surface area contributed by atoms with Crippen LogP contribution in [0, 0.1) is 11.8 Å². The molecule has 1 heterocycles. The van der Waals surface area contributed by atoms with Gasteiger partial charge in [0.2, 0.25) is 0 Å². The van der Waals surface area contributed by atoms with Crippen molar-refractivity contribution in [1.29, 1.82) is 0 Å². The maximum atomic E-state index is 4.09. The molecule has 0 aromatic rings. The van der Waals surface area contributed by atoms with E-state index < -0.39 is 0 Å². The first kappa shape index (κ1) is 7.48. The van der Waals surface area contributed by atoms with Gasteiger partial charge in [0.1, 0.15) is 0 Å². The molecule has 2 aliphatic rings. The fraction of sp³-hybridized carbons (Fsp3) is 0.600. The molecule has 1 saturated heterocycles. The second-order valence-electron chi connectivity index (χ2n) is 3.53. The molecular weight excluding hydrogens is 152 g/mol.